The smallest absolute Gasteiger partial charge is 0.255 e. The third-order valence-corrected chi connectivity index (χ3v) is 6.03. The Morgan fingerprint density at radius 2 is 1.83 bits per heavy atom. The van der Waals surface area contributed by atoms with E-state index < -0.39 is 0 Å². The molecule has 2 atom stereocenters. The average molecular weight is 409 g/mol. The summed E-state index contributed by atoms with van der Waals surface area (Å²) in [5, 5.41) is 3.37. The van der Waals surface area contributed by atoms with Crippen molar-refractivity contribution in [3.8, 4) is 0 Å². The Balaban J connectivity index is 1.57. The number of anilines is 2. The highest BCUT2D eigenvalue weighted by atomic mass is 35.5. The number of imide groups is 1. The molecule has 6 heteroatoms. The second-order valence-electron chi connectivity index (χ2n) is 7.68. The van der Waals surface area contributed by atoms with E-state index in [-0.39, 0.29) is 29.6 Å². The maximum absolute atomic E-state index is 12.9. The van der Waals surface area contributed by atoms with Crippen molar-refractivity contribution in [1.29, 1.82) is 0 Å². The maximum Gasteiger partial charge on any atom is 0.255 e. The first kappa shape index (κ1) is 19.4. The molecule has 1 fully saturated rings. The van der Waals surface area contributed by atoms with E-state index in [1.807, 2.05) is 26.0 Å². The number of halogens is 1. The fourth-order valence-corrected chi connectivity index (χ4v) is 4.13. The number of aryl methyl sites for hydroxylation is 1. The number of carbonyl (C=O) groups excluding carboxylic acids is 3. The fraction of sp³-hybridized carbons (Fsp3) is 0.261. The molecule has 2 aromatic carbocycles. The van der Waals surface area contributed by atoms with Gasteiger partial charge in [-0.1, -0.05) is 35.4 Å². The number of nitrogens with one attached hydrogen (secondary N) is 1. The molecule has 1 aliphatic heterocycles. The van der Waals surface area contributed by atoms with Crippen LogP contribution in [0.1, 0.15) is 35.7 Å². The summed E-state index contributed by atoms with van der Waals surface area (Å²) in [5.74, 6) is -1.32. The number of benzene rings is 2. The molecule has 3 amide bonds. The normalized spacial score (nSPS) is 21.1. The number of rotatable bonds is 3. The van der Waals surface area contributed by atoms with Gasteiger partial charge in [-0.3, -0.25) is 19.3 Å². The first-order chi connectivity index (χ1) is 13.8. The number of hydrogen-bond acceptors (Lipinski definition) is 3. The first-order valence-electron chi connectivity index (χ1n) is 9.56. The van der Waals surface area contributed by atoms with E-state index in [1.165, 1.54) is 4.90 Å². The molecule has 5 nitrogen and oxygen atoms in total. The summed E-state index contributed by atoms with van der Waals surface area (Å²) in [5.41, 5.74) is 3.44. The zero-order valence-electron chi connectivity index (χ0n) is 16.2. The highest BCUT2D eigenvalue weighted by molar-refractivity contribution is 6.31. The van der Waals surface area contributed by atoms with E-state index in [4.69, 9.17) is 11.6 Å². The van der Waals surface area contributed by atoms with Gasteiger partial charge in [-0.15, -0.1) is 0 Å². The van der Waals surface area contributed by atoms with Crippen LogP contribution in [0.4, 0.5) is 11.4 Å². The molecule has 1 saturated heterocycles. The summed E-state index contributed by atoms with van der Waals surface area (Å²) in [6.45, 7) is 3.87. The van der Waals surface area contributed by atoms with Crippen LogP contribution in [-0.4, -0.2) is 17.7 Å². The molecule has 1 aliphatic carbocycles. The Kier molecular flexibility index (Phi) is 5.01. The zero-order chi connectivity index (χ0) is 20.7. The van der Waals surface area contributed by atoms with Gasteiger partial charge in [-0.2, -0.15) is 0 Å². The molecule has 148 valence electrons. The third-order valence-electron chi connectivity index (χ3n) is 5.62. The lowest BCUT2D eigenvalue weighted by molar-refractivity contribution is -0.122. The Labute approximate surface area is 174 Å². The molecule has 1 N–H and O–H groups in total. The van der Waals surface area contributed by atoms with Crippen LogP contribution < -0.4 is 10.2 Å². The van der Waals surface area contributed by atoms with Gasteiger partial charge in [-0.25, -0.2) is 0 Å². The lowest BCUT2D eigenvalue weighted by Crippen LogP contribution is -2.31. The lowest BCUT2D eigenvalue weighted by atomic mass is 9.82. The number of nitrogens with zero attached hydrogens (tertiary/aromatic N) is 1. The van der Waals surface area contributed by atoms with Gasteiger partial charge in [0.15, 0.2) is 0 Å². The van der Waals surface area contributed by atoms with Gasteiger partial charge in [0.05, 0.1) is 17.5 Å². The predicted octanol–water partition coefficient (Wildman–Crippen LogP) is 4.75. The monoisotopic (exact) mass is 408 g/mol. The molecule has 0 saturated carbocycles. The van der Waals surface area contributed by atoms with Crippen molar-refractivity contribution in [3.05, 3.63) is 70.3 Å². The number of fused-ring (bicyclic) bond motifs is 1. The van der Waals surface area contributed by atoms with Gasteiger partial charge in [0, 0.05) is 16.3 Å². The summed E-state index contributed by atoms with van der Waals surface area (Å²) < 4.78 is 0. The SMILES string of the molecule is CC1=CC[C@H]2C(=O)N(c3cccc(C(=O)Nc4ccc(C)c(Cl)c4)c3)C(=O)[C@H]2C1. The standard InChI is InChI=1S/C23H21ClN2O3/c1-13-6-9-18-19(10-13)23(29)26(22(18)28)17-5-3-4-15(11-17)21(27)25-16-8-7-14(2)20(24)12-16/h3-8,11-12,18-19H,9-10H2,1-2H3,(H,25,27)/t18-,19+/m1/s1. The Hall–Kier alpha value is -2.92. The minimum absolute atomic E-state index is 0.185. The van der Waals surface area contributed by atoms with E-state index in [9.17, 15) is 14.4 Å². The second-order valence-corrected chi connectivity index (χ2v) is 8.09. The minimum atomic E-state index is -0.333. The number of hydrogen-bond donors (Lipinski definition) is 1. The number of carbonyl (C=O) groups is 3. The minimum Gasteiger partial charge on any atom is -0.322 e. The van der Waals surface area contributed by atoms with Gasteiger partial charge in [0.2, 0.25) is 11.8 Å². The molecular weight excluding hydrogens is 388 g/mol. The number of amides is 3. The van der Waals surface area contributed by atoms with Crippen molar-refractivity contribution in [2.75, 3.05) is 10.2 Å². The molecule has 0 unspecified atom stereocenters. The molecule has 0 bridgehead atoms. The predicted molar refractivity (Wildman–Crippen MR) is 113 cm³/mol. The van der Waals surface area contributed by atoms with Gasteiger partial charge < -0.3 is 5.32 Å². The maximum atomic E-state index is 12.9. The van der Waals surface area contributed by atoms with Gasteiger partial charge in [-0.05, 0) is 62.6 Å². The first-order valence-corrected chi connectivity index (χ1v) is 9.94. The molecule has 4 rings (SSSR count). The van der Waals surface area contributed by atoms with E-state index in [0.29, 0.717) is 34.8 Å². The van der Waals surface area contributed by atoms with Crippen LogP contribution in [0.3, 0.4) is 0 Å². The zero-order valence-corrected chi connectivity index (χ0v) is 17.0. The summed E-state index contributed by atoms with van der Waals surface area (Å²) in [7, 11) is 0. The molecular formula is C23H21ClN2O3. The Bertz CT molecular complexity index is 1060. The largest absolute Gasteiger partial charge is 0.322 e. The van der Waals surface area contributed by atoms with Crippen LogP contribution in [0.5, 0.6) is 0 Å². The van der Waals surface area contributed by atoms with Crippen LogP contribution in [0, 0.1) is 18.8 Å². The van der Waals surface area contributed by atoms with Crippen molar-refractivity contribution in [2.45, 2.75) is 26.7 Å². The summed E-state index contributed by atoms with van der Waals surface area (Å²) in [6, 6.07) is 11.9. The summed E-state index contributed by atoms with van der Waals surface area (Å²) in [6.07, 6.45) is 3.23. The van der Waals surface area contributed by atoms with Crippen LogP contribution in [0.2, 0.25) is 5.02 Å². The Morgan fingerprint density at radius 1 is 1.07 bits per heavy atom. The number of allylic oxidation sites excluding steroid dienone is 2. The highest BCUT2D eigenvalue weighted by Crippen LogP contribution is 2.39. The average Bonchev–Trinajstić information content (AvgIpc) is 2.94. The van der Waals surface area contributed by atoms with Crippen molar-refractivity contribution in [2.24, 2.45) is 11.8 Å². The van der Waals surface area contributed by atoms with Crippen molar-refractivity contribution in [3.63, 3.8) is 0 Å². The van der Waals surface area contributed by atoms with E-state index in [1.54, 1.807) is 36.4 Å². The van der Waals surface area contributed by atoms with Gasteiger partial charge in [0.1, 0.15) is 0 Å². The molecule has 0 spiro atoms. The molecule has 0 aromatic heterocycles. The fourth-order valence-electron chi connectivity index (χ4n) is 3.95. The lowest BCUT2D eigenvalue weighted by Gasteiger charge is -2.18. The summed E-state index contributed by atoms with van der Waals surface area (Å²) >= 11 is 6.12. The molecule has 2 aliphatic rings. The Morgan fingerprint density at radius 3 is 2.59 bits per heavy atom. The summed E-state index contributed by atoms with van der Waals surface area (Å²) in [4.78, 5) is 39.7. The van der Waals surface area contributed by atoms with Crippen molar-refractivity contribution in [1.82, 2.24) is 0 Å². The molecule has 2 aromatic rings. The van der Waals surface area contributed by atoms with E-state index >= 15 is 0 Å². The molecule has 1 heterocycles. The van der Waals surface area contributed by atoms with E-state index in [2.05, 4.69) is 5.32 Å². The molecule has 29 heavy (non-hydrogen) atoms. The van der Waals surface area contributed by atoms with Crippen molar-refractivity contribution < 1.29 is 14.4 Å². The van der Waals surface area contributed by atoms with Gasteiger partial charge >= 0.3 is 0 Å². The van der Waals surface area contributed by atoms with Crippen molar-refractivity contribution >= 4 is 40.7 Å². The highest BCUT2D eigenvalue weighted by Gasteiger charge is 2.48. The van der Waals surface area contributed by atoms with Crippen LogP contribution in [0.15, 0.2) is 54.1 Å². The molecule has 0 radical (unpaired) electrons. The van der Waals surface area contributed by atoms with Crippen LogP contribution in [0.25, 0.3) is 0 Å². The van der Waals surface area contributed by atoms with E-state index in [0.717, 1.165) is 11.1 Å². The quantitative estimate of drug-likeness (QED) is 0.588. The second kappa shape index (κ2) is 7.48. The van der Waals surface area contributed by atoms with Gasteiger partial charge in [0.25, 0.3) is 5.91 Å². The van der Waals surface area contributed by atoms with Crippen LogP contribution in [-0.2, 0) is 9.59 Å². The third kappa shape index (κ3) is 3.58. The topological polar surface area (TPSA) is 66.5 Å². The van der Waals surface area contributed by atoms with Crippen LogP contribution >= 0.6 is 11.6 Å².